The van der Waals surface area contributed by atoms with Gasteiger partial charge >= 0.3 is 5.97 Å². The quantitative estimate of drug-likeness (QED) is 0.756. The standard InChI is InChI=1S/C10H14N2O3S/c1-2-16-7-3-6-12-9(13)5-4-8(11-12)10(14)15/h4-5H,2-3,6-7H2,1H3,(H,14,15). The second-order valence-electron chi connectivity index (χ2n) is 3.14. The van der Waals surface area contributed by atoms with Crippen LogP contribution >= 0.6 is 11.8 Å². The highest BCUT2D eigenvalue weighted by molar-refractivity contribution is 7.99. The molecule has 0 fully saturated rings. The van der Waals surface area contributed by atoms with Gasteiger partial charge in [-0.2, -0.15) is 16.9 Å². The first-order valence-electron chi connectivity index (χ1n) is 5.04. The first kappa shape index (κ1) is 12.8. The summed E-state index contributed by atoms with van der Waals surface area (Å²) in [5, 5.41) is 12.5. The largest absolute Gasteiger partial charge is 0.476 e. The van der Waals surface area contributed by atoms with Crippen molar-refractivity contribution >= 4 is 17.7 Å². The van der Waals surface area contributed by atoms with Gasteiger partial charge in [-0.25, -0.2) is 9.48 Å². The number of hydrogen-bond acceptors (Lipinski definition) is 4. The van der Waals surface area contributed by atoms with Crippen molar-refractivity contribution in [1.29, 1.82) is 0 Å². The lowest BCUT2D eigenvalue weighted by Crippen LogP contribution is -2.24. The lowest BCUT2D eigenvalue weighted by molar-refractivity contribution is 0.0687. The number of aromatic carboxylic acids is 1. The summed E-state index contributed by atoms with van der Waals surface area (Å²) < 4.78 is 1.21. The first-order valence-corrected chi connectivity index (χ1v) is 6.20. The number of carboxylic acid groups (broad SMARTS) is 1. The van der Waals surface area contributed by atoms with Crippen LogP contribution in [0.5, 0.6) is 0 Å². The Kier molecular flexibility index (Phi) is 5.04. The Morgan fingerprint density at radius 3 is 2.94 bits per heavy atom. The third-order valence-corrected chi connectivity index (χ3v) is 2.93. The van der Waals surface area contributed by atoms with Crippen LogP contribution in [0.4, 0.5) is 0 Å². The number of rotatable bonds is 6. The van der Waals surface area contributed by atoms with E-state index >= 15 is 0 Å². The molecule has 0 atom stereocenters. The third-order valence-electron chi connectivity index (χ3n) is 1.95. The number of carbonyl (C=O) groups is 1. The van der Waals surface area contributed by atoms with Crippen molar-refractivity contribution in [3.8, 4) is 0 Å². The van der Waals surface area contributed by atoms with Crippen molar-refractivity contribution in [1.82, 2.24) is 9.78 Å². The van der Waals surface area contributed by atoms with Gasteiger partial charge in [0, 0.05) is 12.6 Å². The molecule has 0 bridgehead atoms. The van der Waals surface area contributed by atoms with Gasteiger partial charge in [0.2, 0.25) is 0 Å². The Balaban J connectivity index is 2.67. The second-order valence-corrected chi connectivity index (χ2v) is 4.53. The van der Waals surface area contributed by atoms with Crippen LogP contribution in [0, 0.1) is 0 Å². The van der Waals surface area contributed by atoms with E-state index in [2.05, 4.69) is 12.0 Å². The van der Waals surface area contributed by atoms with Gasteiger partial charge in [0.25, 0.3) is 5.56 Å². The molecular formula is C10H14N2O3S. The van der Waals surface area contributed by atoms with Crippen LogP contribution in [0.15, 0.2) is 16.9 Å². The molecule has 0 aliphatic heterocycles. The molecule has 0 saturated heterocycles. The molecule has 0 spiro atoms. The fourth-order valence-electron chi connectivity index (χ4n) is 1.18. The Bertz CT molecular complexity index is 417. The summed E-state index contributed by atoms with van der Waals surface area (Å²) in [4.78, 5) is 22.0. The van der Waals surface area contributed by atoms with Crippen molar-refractivity contribution in [2.24, 2.45) is 0 Å². The molecular weight excluding hydrogens is 228 g/mol. The van der Waals surface area contributed by atoms with E-state index in [9.17, 15) is 9.59 Å². The van der Waals surface area contributed by atoms with Gasteiger partial charge in [0.05, 0.1) is 0 Å². The van der Waals surface area contributed by atoms with Crippen LogP contribution in [-0.2, 0) is 6.54 Å². The molecule has 0 aliphatic rings. The van der Waals surface area contributed by atoms with Gasteiger partial charge in [-0.1, -0.05) is 6.92 Å². The van der Waals surface area contributed by atoms with Crippen molar-refractivity contribution in [2.75, 3.05) is 11.5 Å². The Morgan fingerprint density at radius 2 is 2.31 bits per heavy atom. The fourth-order valence-corrected chi connectivity index (χ4v) is 1.81. The molecule has 88 valence electrons. The monoisotopic (exact) mass is 242 g/mol. The predicted octanol–water partition coefficient (Wildman–Crippen LogP) is 1.08. The molecule has 1 N–H and O–H groups in total. The number of hydrogen-bond donors (Lipinski definition) is 1. The summed E-state index contributed by atoms with van der Waals surface area (Å²) in [5.41, 5.74) is -0.353. The summed E-state index contributed by atoms with van der Waals surface area (Å²) in [7, 11) is 0. The average Bonchev–Trinajstić information content (AvgIpc) is 2.26. The Hall–Kier alpha value is -1.30. The van der Waals surface area contributed by atoms with Crippen molar-refractivity contribution in [3.63, 3.8) is 0 Å². The highest BCUT2D eigenvalue weighted by atomic mass is 32.2. The minimum Gasteiger partial charge on any atom is -0.476 e. The molecule has 0 saturated carbocycles. The molecule has 6 heteroatoms. The SMILES string of the molecule is CCSCCCn1nc(C(=O)O)ccc1=O. The number of thioether (sulfide) groups is 1. The van der Waals surface area contributed by atoms with E-state index in [1.807, 2.05) is 0 Å². The van der Waals surface area contributed by atoms with Crippen molar-refractivity contribution < 1.29 is 9.90 Å². The van der Waals surface area contributed by atoms with Gasteiger partial charge in [-0.05, 0) is 24.0 Å². The number of aryl methyl sites for hydroxylation is 1. The van der Waals surface area contributed by atoms with Gasteiger partial charge in [-0.3, -0.25) is 4.79 Å². The van der Waals surface area contributed by atoms with E-state index in [1.165, 1.54) is 16.8 Å². The maximum absolute atomic E-state index is 11.4. The minimum absolute atomic E-state index is 0.0947. The highest BCUT2D eigenvalue weighted by Crippen LogP contribution is 2.01. The number of aromatic nitrogens is 2. The van der Waals surface area contributed by atoms with Gasteiger partial charge in [-0.15, -0.1) is 0 Å². The minimum atomic E-state index is -1.11. The predicted molar refractivity (Wildman–Crippen MR) is 63.1 cm³/mol. The average molecular weight is 242 g/mol. The van der Waals surface area contributed by atoms with Crippen LogP contribution in [0.3, 0.4) is 0 Å². The lowest BCUT2D eigenvalue weighted by atomic mass is 10.4. The van der Waals surface area contributed by atoms with Crippen LogP contribution in [-0.4, -0.2) is 32.4 Å². The van der Waals surface area contributed by atoms with E-state index < -0.39 is 5.97 Å². The summed E-state index contributed by atoms with van der Waals surface area (Å²) in [6.07, 6.45) is 0.814. The fraction of sp³-hybridized carbons (Fsp3) is 0.500. The second kappa shape index (κ2) is 6.32. The topological polar surface area (TPSA) is 72.2 Å². The van der Waals surface area contributed by atoms with Crippen molar-refractivity contribution in [3.05, 3.63) is 28.2 Å². The van der Waals surface area contributed by atoms with Gasteiger partial charge in [0.15, 0.2) is 5.69 Å². The summed E-state index contributed by atoms with van der Waals surface area (Å²) in [5.74, 6) is 0.871. The van der Waals surface area contributed by atoms with Gasteiger partial charge in [0.1, 0.15) is 0 Å². The molecule has 0 aromatic carbocycles. The van der Waals surface area contributed by atoms with E-state index in [4.69, 9.17) is 5.11 Å². The highest BCUT2D eigenvalue weighted by Gasteiger charge is 2.06. The van der Waals surface area contributed by atoms with Crippen LogP contribution in [0.1, 0.15) is 23.8 Å². The van der Waals surface area contributed by atoms with E-state index in [-0.39, 0.29) is 11.3 Å². The maximum atomic E-state index is 11.4. The molecule has 16 heavy (non-hydrogen) atoms. The Labute approximate surface area is 97.5 Å². The normalized spacial score (nSPS) is 10.3. The molecule has 0 radical (unpaired) electrons. The van der Waals surface area contributed by atoms with E-state index in [0.29, 0.717) is 6.54 Å². The number of nitrogens with zero attached hydrogens (tertiary/aromatic N) is 2. The summed E-state index contributed by atoms with van der Waals surface area (Å²) >= 11 is 1.78. The van der Waals surface area contributed by atoms with Crippen LogP contribution < -0.4 is 5.56 Å². The van der Waals surface area contributed by atoms with E-state index in [0.717, 1.165) is 17.9 Å². The molecule has 1 rings (SSSR count). The zero-order chi connectivity index (χ0) is 12.0. The van der Waals surface area contributed by atoms with Gasteiger partial charge < -0.3 is 5.11 Å². The van der Waals surface area contributed by atoms with Crippen molar-refractivity contribution in [2.45, 2.75) is 19.9 Å². The van der Waals surface area contributed by atoms with Crippen LogP contribution in [0.2, 0.25) is 0 Å². The molecule has 1 aromatic rings. The van der Waals surface area contributed by atoms with Crippen LogP contribution in [0.25, 0.3) is 0 Å². The molecule has 0 amide bonds. The summed E-state index contributed by atoms with van der Waals surface area (Å²) in [6.45, 7) is 2.53. The molecule has 1 aromatic heterocycles. The molecule has 0 unspecified atom stereocenters. The lowest BCUT2D eigenvalue weighted by Gasteiger charge is -2.04. The Morgan fingerprint density at radius 1 is 1.56 bits per heavy atom. The summed E-state index contributed by atoms with van der Waals surface area (Å²) in [6, 6.07) is 2.46. The zero-order valence-corrected chi connectivity index (χ0v) is 9.87. The maximum Gasteiger partial charge on any atom is 0.356 e. The third kappa shape index (κ3) is 3.69. The smallest absolute Gasteiger partial charge is 0.356 e. The first-order chi connectivity index (χ1) is 7.65. The van der Waals surface area contributed by atoms with E-state index in [1.54, 1.807) is 11.8 Å². The molecule has 5 nitrogen and oxygen atoms in total. The number of carboxylic acids is 1. The molecule has 0 aliphatic carbocycles. The zero-order valence-electron chi connectivity index (χ0n) is 9.05. The molecule has 1 heterocycles.